The van der Waals surface area contributed by atoms with E-state index >= 15 is 0 Å². The number of halogens is 1. The van der Waals surface area contributed by atoms with Gasteiger partial charge < -0.3 is 25.1 Å². The number of nitrogens with one attached hydrogen (secondary N) is 3. The summed E-state index contributed by atoms with van der Waals surface area (Å²) in [6.07, 6.45) is 5.95. The van der Waals surface area contributed by atoms with Gasteiger partial charge in [-0.3, -0.25) is 9.59 Å². The fourth-order valence-corrected chi connectivity index (χ4v) is 5.29. The van der Waals surface area contributed by atoms with Gasteiger partial charge in [0.1, 0.15) is 35.7 Å². The Balaban J connectivity index is 1.35. The van der Waals surface area contributed by atoms with Crippen molar-refractivity contribution >= 4 is 22.8 Å². The maximum atomic E-state index is 14.3. The van der Waals surface area contributed by atoms with Crippen LogP contribution in [0.3, 0.4) is 0 Å². The molecule has 0 unspecified atom stereocenters. The lowest BCUT2D eigenvalue weighted by molar-refractivity contribution is -0.126. The lowest BCUT2D eigenvalue weighted by atomic mass is 9.82. The molecule has 2 amide bonds. The fraction of sp³-hybridized carbons (Fsp3) is 0.500. The number of hydrogen-bond acceptors (Lipinski definition) is 6. The number of aryl methyl sites for hydroxylation is 1. The number of carbonyl (C=O) groups is 2. The first-order valence-corrected chi connectivity index (χ1v) is 13.2. The molecule has 2 saturated carbocycles. The molecule has 0 aliphatic heterocycles. The molecule has 10 heteroatoms. The SMILES string of the molecule is COCC(=O)N[C@H]1CC[C@@H](NC(=O)c2c(C)[nH]c3c(-c4cc(F)ccc4OCC4CC4)ncnc23)C[C@H]1C. The van der Waals surface area contributed by atoms with E-state index in [9.17, 15) is 14.0 Å². The van der Waals surface area contributed by atoms with E-state index in [0.29, 0.717) is 51.8 Å². The summed E-state index contributed by atoms with van der Waals surface area (Å²) in [6.45, 7) is 4.52. The minimum absolute atomic E-state index is 0.0237. The Morgan fingerprint density at radius 1 is 1.16 bits per heavy atom. The maximum absolute atomic E-state index is 14.3. The van der Waals surface area contributed by atoms with Gasteiger partial charge in [-0.1, -0.05) is 6.92 Å². The molecule has 3 atom stereocenters. The van der Waals surface area contributed by atoms with Crippen molar-refractivity contribution in [3.63, 3.8) is 0 Å². The summed E-state index contributed by atoms with van der Waals surface area (Å²) in [7, 11) is 1.50. The Morgan fingerprint density at radius 2 is 1.97 bits per heavy atom. The molecule has 2 aromatic heterocycles. The van der Waals surface area contributed by atoms with Crippen molar-refractivity contribution < 1.29 is 23.5 Å². The molecule has 38 heavy (non-hydrogen) atoms. The number of hydrogen-bond donors (Lipinski definition) is 3. The van der Waals surface area contributed by atoms with Gasteiger partial charge >= 0.3 is 0 Å². The topological polar surface area (TPSA) is 118 Å². The highest BCUT2D eigenvalue weighted by atomic mass is 19.1. The standard InChI is InChI=1S/C28H34FN5O4/c1-15-10-19(7-8-21(15)34-23(35)13-37-3)33-28(36)24-16(2)32-27-25(30-14-31-26(24)27)20-11-18(29)6-9-22(20)38-12-17-4-5-17/h6,9,11,14-15,17,19,21,32H,4-5,7-8,10,12-13H2,1-3H3,(H,33,36)(H,34,35)/t15-,19-,21+/m1/s1. The normalized spacial score (nSPS) is 21.3. The largest absolute Gasteiger partial charge is 0.493 e. The molecule has 1 aromatic carbocycles. The van der Waals surface area contributed by atoms with Crippen LogP contribution in [-0.4, -0.2) is 59.2 Å². The van der Waals surface area contributed by atoms with Crippen molar-refractivity contribution in [1.82, 2.24) is 25.6 Å². The molecule has 3 N–H and O–H groups in total. The number of methoxy groups -OCH3 is 1. The smallest absolute Gasteiger partial charge is 0.255 e. The summed E-state index contributed by atoms with van der Waals surface area (Å²) >= 11 is 0. The number of fused-ring (bicyclic) bond motifs is 1. The van der Waals surface area contributed by atoms with Crippen LogP contribution in [0.1, 0.15) is 55.1 Å². The van der Waals surface area contributed by atoms with Crippen LogP contribution in [0, 0.1) is 24.6 Å². The predicted molar refractivity (Wildman–Crippen MR) is 140 cm³/mol. The van der Waals surface area contributed by atoms with Gasteiger partial charge in [0.2, 0.25) is 5.91 Å². The third kappa shape index (κ3) is 5.65. The lowest BCUT2D eigenvalue weighted by Gasteiger charge is -2.35. The highest BCUT2D eigenvalue weighted by Gasteiger charge is 2.31. The van der Waals surface area contributed by atoms with E-state index < -0.39 is 5.82 Å². The third-order valence-electron chi connectivity index (χ3n) is 7.49. The quantitative estimate of drug-likeness (QED) is 0.391. The van der Waals surface area contributed by atoms with Gasteiger partial charge in [0.25, 0.3) is 5.91 Å². The number of benzene rings is 1. The van der Waals surface area contributed by atoms with E-state index in [1.54, 1.807) is 6.07 Å². The van der Waals surface area contributed by atoms with Crippen molar-refractivity contribution in [3.8, 4) is 17.0 Å². The molecule has 0 bridgehead atoms. The zero-order valence-corrected chi connectivity index (χ0v) is 22.0. The number of amides is 2. The molecular weight excluding hydrogens is 489 g/mol. The lowest BCUT2D eigenvalue weighted by Crippen LogP contribution is -2.48. The minimum Gasteiger partial charge on any atom is -0.493 e. The highest BCUT2D eigenvalue weighted by Crippen LogP contribution is 2.37. The summed E-state index contributed by atoms with van der Waals surface area (Å²) in [4.78, 5) is 37.5. The Kier molecular flexibility index (Phi) is 7.60. The molecule has 5 rings (SSSR count). The Morgan fingerprint density at radius 3 is 2.71 bits per heavy atom. The number of aromatic nitrogens is 3. The number of rotatable bonds is 9. The first-order chi connectivity index (χ1) is 18.3. The maximum Gasteiger partial charge on any atom is 0.255 e. The van der Waals surface area contributed by atoms with Crippen molar-refractivity contribution in [2.75, 3.05) is 20.3 Å². The van der Waals surface area contributed by atoms with Gasteiger partial charge in [-0.2, -0.15) is 0 Å². The summed E-state index contributed by atoms with van der Waals surface area (Å²) in [5.74, 6) is 0.559. The Bertz CT molecular complexity index is 1340. The molecule has 9 nitrogen and oxygen atoms in total. The fourth-order valence-electron chi connectivity index (χ4n) is 5.29. The van der Waals surface area contributed by atoms with E-state index in [1.165, 1.54) is 25.6 Å². The number of ether oxygens (including phenoxy) is 2. The van der Waals surface area contributed by atoms with Crippen LogP contribution in [0.4, 0.5) is 4.39 Å². The van der Waals surface area contributed by atoms with Crippen LogP contribution in [0.5, 0.6) is 5.75 Å². The molecule has 2 aliphatic rings. The van der Waals surface area contributed by atoms with Crippen LogP contribution in [0.15, 0.2) is 24.5 Å². The van der Waals surface area contributed by atoms with Crippen molar-refractivity contribution in [2.24, 2.45) is 11.8 Å². The summed E-state index contributed by atoms with van der Waals surface area (Å²) < 4.78 is 25.2. The zero-order chi connectivity index (χ0) is 26.8. The Labute approximate surface area is 220 Å². The summed E-state index contributed by atoms with van der Waals surface area (Å²) in [5.41, 5.74) is 3.16. The molecular formula is C28H34FN5O4. The average Bonchev–Trinajstić information content (AvgIpc) is 3.64. The van der Waals surface area contributed by atoms with Crippen molar-refractivity contribution in [2.45, 2.75) is 58.0 Å². The molecule has 0 radical (unpaired) electrons. The van der Waals surface area contributed by atoms with Crippen molar-refractivity contribution in [1.29, 1.82) is 0 Å². The van der Waals surface area contributed by atoms with Crippen LogP contribution in [0.25, 0.3) is 22.3 Å². The molecule has 3 aromatic rings. The number of nitrogens with zero attached hydrogens (tertiary/aromatic N) is 2. The second kappa shape index (κ2) is 11.1. The van der Waals surface area contributed by atoms with Crippen LogP contribution in [-0.2, 0) is 9.53 Å². The van der Waals surface area contributed by atoms with E-state index in [0.717, 1.165) is 32.1 Å². The second-order valence-electron chi connectivity index (χ2n) is 10.5. The van der Waals surface area contributed by atoms with E-state index in [4.69, 9.17) is 9.47 Å². The average molecular weight is 524 g/mol. The second-order valence-corrected chi connectivity index (χ2v) is 10.5. The van der Waals surface area contributed by atoms with Crippen LogP contribution in [0.2, 0.25) is 0 Å². The highest BCUT2D eigenvalue weighted by molar-refractivity contribution is 6.09. The van der Waals surface area contributed by atoms with Gasteiger partial charge in [-0.05, 0) is 69.1 Å². The van der Waals surface area contributed by atoms with E-state index in [1.807, 2.05) is 6.92 Å². The molecule has 2 heterocycles. The minimum atomic E-state index is -0.394. The first-order valence-electron chi connectivity index (χ1n) is 13.2. The molecule has 202 valence electrons. The molecule has 2 aliphatic carbocycles. The number of carbonyl (C=O) groups excluding carboxylic acids is 2. The monoisotopic (exact) mass is 523 g/mol. The van der Waals surface area contributed by atoms with Gasteiger partial charge in [0, 0.05) is 30.5 Å². The number of aromatic amines is 1. The van der Waals surface area contributed by atoms with E-state index in [-0.39, 0.29) is 36.4 Å². The first kappa shape index (κ1) is 26.1. The van der Waals surface area contributed by atoms with Gasteiger partial charge in [0.15, 0.2) is 0 Å². The van der Waals surface area contributed by atoms with E-state index in [2.05, 4.69) is 32.5 Å². The molecule has 0 saturated heterocycles. The van der Waals surface area contributed by atoms with Crippen LogP contribution >= 0.6 is 0 Å². The Hall–Kier alpha value is -3.53. The third-order valence-corrected chi connectivity index (χ3v) is 7.49. The summed E-state index contributed by atoms with van der Waals surface area (Å²) in [5, 5.41) is 6.18. The van der Waals surface area contributed by atoms with Gasteiger partial charge in [-0.15, -0.1) is 0 Å². The van der Waals surface area contributed by atoms with Crippen molar-refractivity contribution in [3.05, 3.63) is 41.6 Å². The van der Waals surface area contributed by atoms with Gasteiger partial charge in [-0.25, -0.2) is 14.4 Å². The molecule has 2 fully saturated rings. The van der Waals surface area contributed by atoms with Crippen LogP contribution < -0.4 is 15.4 Å². The number of H-pyrrole nitrogens is 1. The zero-order valence-electron chi connectivity index (χ0n) is 22.0. The summed E-state index contributed by atoms with van der Waals surface area (Å²) in [6, 6.07) is 4.44. The van der Waals surface area contributed by atoms with Gasteiger partial charge in [0.05, 0.1) is 17.7 Å². The molecule has 0 spiro atoms. The predicted octanol–water partition coefficient (Wildman–Crippen LogP) is 3.91.